The molecule has 3 N–H and O–H groups in total. The molecule has 1 aromatic heterocycles. The normalized spacial score (nSPS) is 15.4. The molecule has 2 heterocycles. The van der Waals surface area contributed by atoms with Crippen molar-refractivity contribution in [2.45, 2.75) is 18.9 Å². The van der Waals surface area contributed by atoms with E-state index in [-0.39, 0.29) is 36.8 Å². The second-order valence-electron chi connectivity index (χ2n) is 7.58. The number of ether oxygens (including phenoxy) is 2. The van der Waals surface area contributed by atoms with E-state index in [1.807, 2.05) is 48.5 Å². The first kappa shape index (κ1) is 23.1. The average molecular weight is 462 g/mol. The molecular formula is C23H25Cl2N3O3. The monoisotopic (exact) mass is 461 g/mol. The first-order valence-corrected chi connectivity index (χ1v) is 10.0. The first-order valence-electron chi connectivity index (χ1n) is 10.0. The summed E-state index contributed by atoms with van der Waals surface area (Å²) in [6.07, 6.45) is 2.25. The maximum Gasteiger partial charge on any atom is 0.252 e. The van der Waals surface area contributed by atoms with Crippen LogP contribution >= 0.6 is 24.8 Å². The molecule has 0 radical (unpaired) electrons. The van der Waals surface area contributed by atoms with E-state index < -0.39 is 0 Å². The van der Waals surface area contributed by atoms with Crippen molar-refractivity contribution < 1.29 is 14.3 Å². The number of hydrogen-bond donors (Lipinski definition) is 2. The SMILES string of the molecule is Cl.Cl.NCC(NC(=O)c1cc(-c2ccc3c(c2)OCCO3)nc2ccccc12)C1CC1. The van der Waals surface area contributed by atoms with Crippen LogP contribution in [0.1, 0.15) is 23.2 Å². The van der Waals surface area contributed by atoms with Crippen molar-refractivity contribution in [2.24, 2.45) is 11.7 Å². The van der Waals surface area contributed by atoms with Crippen molar-refractivity contribution in [1.29, 1.82) is 0 Å². The largest absolute Gasteiger partial charge is 0.486 e. The van der Waals surface area contributed by atoms with E-state index in [4.69, 9.17) is 20.2 Å². The zero-order chi connectivity index (χ0) is 19.8. The van der Waals surface area contributed by atoms with Crippen LogP contribution < -0.4 is 20.5 Å². The number of hydrogen-bond acceptors (Lipinski definition) is 5. The Hall–Kier alpha value is -2.54. The number of carbonyl (C=O) groups is 1. The quantitative estimate of drug-likeness (QED) is 0.599. The van der Waals surface area contributed by atoms with Gasteiger partial charge in [0.1, 0.15) is 13.2 Å². The molecule has 1 amide bonds. The lowest BCUT2D eigenvalue weighted by atomic mass is 10.0. The molecule has 164 valence electrons. The number of amides is 1. The number of nitrogens with two attached hydrogens (primary N) is 1. The first-order chi connectivity index (χ1) is 14.2. The summed E-state index contributed by atoms with van der Waals surface area (Å²) >= 11 is 0. The Morgan fingerprint density at radius 2 is 1.81 bits per heavy atom. The fourth-order valence-corrected chi connectivity index (χ4v) is 3.83. The van der Waals surface area contributed by atoms with Crippen molar-refractivity contribution in [3.05, 3.63) is 54.1 Å². The Kier molecular flexibility index (Phi) is 7.26. The van der Waals surface area contributed by atoms with E-state index in [1.165, 1.54) is 0 Å². The van der Waals surface area contributed by atoms with Gasteiger partial charge in [0.15, 0.2) is 11.5 Å². The van der Waals surface area contributed by atoms with Gasteiger partial charge in [0.2, 0.25) is 0 Å². The molecule has 0 bridgehead atoms. The zero-order valence-corrected chi connectivity index (χ0v) is 18.5. The van der Waals surface area contributed by atoms with Gasteiger partial charge in [-0.3, -0.25) is 4.79 Å². The lowest BCUT2D eigenvalue weighted by Crippen LogP contribution is -2.41. The summed E-state index contributed by atoms with van der Waals surface area (Å²) in [5.74, 6) is 1.82. The summed E-state index contributed by atoms with van der Waals surface area (Å²) in [7, 11) is 0. The van der Waals surface area contributed by atoms with Crippen LogP contribution in [0, 0.1) is 5.92 Å². The lowest BCUT2D eigenvalue weighted by molar-refractivity contribution is 0.0935. The van der Waals surface area contributed by atoms with Crippen LogP contribution in [0.5, 0.6) is 11.5 Å². The van der Waals surface area contributed by atoms with Gasteiger partial charge in [-0.05, 0) is 49.1 Å². The second-order valence-corrected chi connectivity index (χ2v) is 7.58. The maximum absolute atomic E-state index is 13.1. The van der Waals surface area contributed by atoms with E-state index >= 15 is 0 Å². The predicted octanol–water partition coefficient (Wildman–Crippen LogP) is 3.98. The van der Waals surface area contributed by atoms with Crippen LogP contribution in [0.25, 0.3) is 22.2 Å². The third-order valence-electron chi connectivity index (χ3n) is 5.56. The number of nitrogens with one attached hydrogen (secondary N) is 1. The van der Waals surface area contributed by atoms with Crippen molar-refractivity contribution in [1.82, 2.24) is 10.3 Å². The fraction of sp³-hybridized carbons (Fsp3) is 0.304. The average Bonchev–Trinajstić information content (AvgIpc) is 3.61. The van der Waals surface area contributed by atoms with Gasteiger partial charge in [0, 0.05) is 23.5 Å². The molecule has 1 aliphatic heterocycles. The maximum atomic E-state index is 13.1. The van der Waals surface area contributed by atoms with Crippen LogP contribution in [0.4, 0.5) is 0 Å². The van der Waals surface area contributed by atoms with Gasteiger partial charge in [-0.1, -0.05) is 18.2 Å². The number of para-hydroxylation sites is 1. The van der Waals surface area contributed by atoms with Crippen LogP contribution in [-0.4, -0.2) is 36.7 Å². The number of benzene rings is 2. The molecule has 8 heteroatoms. The van der Waals surface area contributed by atoms with Gasteiger partial charge in [0.25, 0.3) is 5.91 Å². The molecule has 1 saturated carbocycles. The minimum atomic E-state index is -0.107. The van der Waals surface area contributed by atoms with E-state index in [9.17, 15) is 4.79 Å². The van der Waals surface area contributed by atoms with Crippen LogP contribution in [0.2, 0.25) is 0 Å². The summed E-state index contributed by atoms with van der Waals surface area (Å²) < 4.78 is 11.3. The summed E-state index contributed by atoms with van der Waals surface area (Å²) in [4.78, 5) is 17.9. The molecular weight excluding hydrogens is 437 g/mol. The Balaban J connectivity index is 0.00000136. The number of halogens is 2. The Bertz CT molecular complexity index is 1090. The molecule has 1 aliphatic carbocycles. The third kappa shape index (κ3) is 4.71. The molecule has 2 aromatic carbocycles. The highest BCUT2D eigenvalue weighted by molar-refractivity contribution is 6.07. The van der Waals surface area contributed by atoms with Crippen molar-refractivity contribution in [3.63, 3.8) is 0 Å². The summed E-state index contributed by atoms with van der Waals surface area (Å²) in [6.45, 7) is 1.53. The fourth-order valence-electron chi connectivity index (χ4n) is 3.83. The highest BCUT2D eigenvalue weighted by Gasteiger charge is 2.31. The van der Waals surface area contributed by atoms with Gasteiger partial charge in [-0.2, -0.15) is 0 Å². The summed E-state index contributed by atoms with van der Waals surface area (Å²) in [6, 6.07) is 15.3. The van der Waals surface area contributed by atoms with Gasteiger partial charge in [0.05, 0.1) is 16.8 Å². The Morgan fingerprint density at radius 3 is 2.55 bits per heavy atom. The minimum absolute atomic E-state index is 0. The molecule has 3 aromatic rings. The number of rotatable bonds is 5. The van der Waals surface area contributed by atoms with Crippen molar-refractivity contribution in [2.75, 3.05) is 19.8 Å². The Labute approximate surface area is 193 Å². The molecule has 1 atom stereocenters. The zero-order valence-electron chi connectivity index (χ0n) is 16.9. The number of nitrogens with zero attached hydrogens (tertiary/aromatic N) is 1. The number of aromatic nitrogens is 1. The van der Waals surface area contributed by atoms with Crippen molar-refractivity contribution in [3.8, 4) is 22.8 Å². The molecule has 6 nitrogen and oxygen atoms in total. The van der Waals surface area contributed by atoms with E-state index in [2.05, 4.69) is 5.32 Å². The van der Waals surface area contributed by atoms with Crippen LogP contribution in [-0.2, 0) is 0 Å². The van der Waals surface area contributed by atoms with Crippen LogP contribution in [0.15, 0.2) is 48.5 Å². The molecule has 31 heavy (non-hydrogen) atoms. The predicted molar refractivity (Wildman–Crippen MR) is 126 cm³/mol. The van der Waals surface area contributed by atoms with E-state index in [1.54, 1.807) is 0 Å². The molecule has 0 spiro atoms. The molecule has 1 fully saturated rings. The molecule has 0 saturated heterocycles. The topological polar surface area (TPSA) is 86.5 Å². The highest BCUT2D eigenvalue weighted by atomic mass is 35.5. The van der Waals surface area contributed by atoms with Gasteiger partial charge in [-0.15, -0.1) is 24.8 Å². The Morgan fingerprint density at radius 1 is 1.06 bits per heavy atom. The minimum Gasteiger partial charge on any atom is -0.486 e. The smallest absolute Gasteiger partial charge is 0.252 e. The highest BCUT2D eigenvalue weighted by Crippen LogP contribution is 2.35. The van der Waals surface area contributed by atoms with E-state index in [0.29, 0.717) is 37.0 Å². The standard InChI is InChI=1S/C23H23N3O3.2ClH/c24-13-20(14-5-6-14)26-23(27)17-12-19(25-18-4-2-1-3-16(17)18)15-7-8-21-22(11-15)29-10-9-28-21;;/h1-4,7-8,11-12,14,20H,5-6,9-10,13,24H2,(H,26,27);2*1H. The summed E-state index contributed by atoms with van der Waals surface area (Å²) in [5.41, 5.74) is 8.88. The van der Waals surface area contributed by atoms with Gasteiger partial charge < -0.3 is 20.5 Å². The molecule has 1 unspecified atom stereocenters. The van der Waals surface area contributed by atoms with Crippen LogP contribution in [0.3, 0.4) is 0 Å². The summed E-state index contributed by atoms with van der Waals surface area (Å²) in [5, 5.41) is 3.96. The molecule has 2 aliphatic rings. The molecule has 5 rings (SSSR count). The third-order valence-corrected chi connectivity index (χ3v) is 5.56. The van der Waals surface area contributed by atoms with Gasteiger partial charge >= 0.3 is 0 Å². The number of carbonyl (C=O) groups excluding carboxylic acids is 1. The number of pyridine rings is 1. The van der Waals surface area contributed by atoms with E-state index in [0.717, 1.165) is 40.8 Å². The van der Waals surface area contributed by atoms with Gasteiger partial charge in [-0.25, -0.2) is 4.98 Å². The van der Waals surface area contributed by atoms with Crippen molar-refractivity contribution >= 4 is 41.6 Å². The lowest BCUT2D eigenvalue weighted by Gasteiger charge is -2.19. The second kappa shape index (κ2) is 9.73. The number of fused-ring (bicyclic) bond motifs is 2.